The molecule has 0 N–H and O–H groups in total. The van der Waals surface area contributed by atoms with E-state index in [4.69, 9.17) is 14.2 Å². The predicted octanol–water partition coefficient (Wildman–Crippen LogP) is 16.2. The van der Waals surface area contributed by atoms with Crippen LogP contribution in [0.4, 0.5) is 0 Å². The van der Waals surface area contributed by atoms with Gasteiger partial charge in [-0.25, -0.2) is 0 Å². The Bertz CT molecular complexity index is 893. The molecule has 0 aliphatic carbocycles. The van der Waals surface area contributed by atoms with Gasteiger partial charge in [0.25, 0.3) is 0 Å². The molecule has 0 saturated heterocycles. The molecule has 0 bridgehead atoms. The zero-order valence-electron chi connectivity index (χ0n) is 37.7. The monoisotopic (exact) mass is 787 g/mol. The van der Waals surface area contributed by atoms with Crippen LogP contribution in [0.25, 0.3) is 0 Å². The van der Waals surface area contributed by atoms with Gasteiger partial charge < -0.3 is 14.2 Å². The van der Waals surface area contributed by atoms with Crippen molar-refractivity contribution in [1.82, 2.24) is 0 Å². The van der Waals surface area contributed by atoms with Gasteiger partial charge in [0.1, 0.15) is 6.61 Å². The number of allylic oxidation sites excluding steroid dienone is 6. The van der Waals surface area contributed by atoms with Gasteiger partial charge >= 0.3 is 11.9 Å². The Morgan fingerprint density at radius 1 is 0.393 bits per heavy atom. The van der Waals surface area contributed by atoms with Crippen LogP contribution in [0.5, 0.6) is 0 Å². The van der Waals surface area contributed by atoms with Crippen molar-refractivity contribution in [3.63, 3.8) is 0 Å². The van der Waals surface area contributed by atoms with Gasteiger partial charge in [0.15, 0.2) is 6.10 Å². The summed E-state index contributed by atoms with van der Waals surface area (Å²) in [4.78, 5) is 25.3. The third-order valence-electron chi connectivity index (χ3n) is 10.6. The highest BCUT2D eigenvalue weighted by Crippen LogP contribution is 2.14. The van der Waals surface area contributed by atoms with E-state index >= 15 is 0 Å². The Labute approximate surface area is 349 Å². The number of carbonyl (C=O) groups excluding carboxylic acids is 2. The highest BCUT2D eigenvalue weighted by molar-refractivity contribution is 5.70. The van der Waals surface area contributed by atoms with E-state index in [9.17, 15) is 9.59 Å². The van der Waals surface area contributed by atoms with Crippen LogP contribution in [0, 0.1) is 0 Å². The molecule has 0 aliphatic heterocycles. The van der Waals surface area contributed by atoms with Gasteiger partial charge in [-0.3, -0.25) is 9.59 Å². The first-order valence-corrected chi connectivity index (χ1v) is 24.5. The van der Waals surface area contributed by atoms with Crippen LogP contribution in [-0.4, -0.2) is 37.9 Å². The Hall–Kier alpha value is -1.88. The molecule has 5 heteroatoms. The van der Waals surface area contributed by atoms with Crippen molar-refractivity contribution in [2.24, 2.45) is 0 Å². The molecule has 5 nitrogen and oxygen atoms in total. The summed E-state index contributed by atoms with van der Waals surface area (Å²) in [5.41, 5.74) is 0. The molecule has 0 aliphatic rings. The van der Waals surface area contributed by atoms with Crippen LogP contribution >= 0.6 is 0 Å². The van der Waals surface area contributed by atoms with Crippen molar-refractivity contribution in [2.75, 3.05) is 19.8 Å². The first-order chi connectivity index (χ1) is 27.6. The normalized spacial score (nSPS) is 12.4. The lowest BCUT2D eigenvalue weighted by Crippen LogP contribution is -2.30. The van der Waals surface area contributed by atoms with Gasteiger partial charge in [-0.1, -0.05) is 198 Å². The number of esters is 2. The van der Waals surface area contributed by atoms with Gasteiger partial charge in [-0.15, -0.1) is 0 Å². The second-order valence-electron chi connectivity index (χ2n) is 16.4. The topological polar surface area (TPSA) is 61.8 Å². The lowest BCUT2D eigenvalue weighted by Gasteiger charge is -2.18. The molecular formula is C51H94O5. The summed E-state index contributed by atoms with van der Waals surface area (Å²) in [5.74, 6) is -0.408. The maximum atomic E-state index is 12.7. The van der Waals surface area contributed by atoms with Crippen LogP contribution in [-0.2, 0) is 23.8 Å². The quantitative estimate of drug-likeness (QED) is 0.0349. The van der Waals surface area contributed by atoms with E-state index in [1.165, 1.54) is 154 Å². The maximum Gasteiger partial charge on any atom is 0.306 e. The average Bonchev–Trinajstić information content (AvgIpc) is 3.20. The molecule has 56 heavy (non-hydrogen) atoms. The first kappa shape index (κ1) is 54.1. The van der Waals surface area contributed by atoms with Gasteiger partial charge in [0.05, 0.1) is 6.61 Å². The highest BCUT2D eigenvalue weighted by Gasteiger charge is 2.17. The molecule has 1 atom stereocenters. The fourth-order valence-electron chi connectivity index (χ4n) is 6.95. The Morgan fingerprint density at radius 2 is 0.750 bits per heavy atom. The SMILES string of the molecule is CCCCC/C=C\C/C=C\CCCCCCCCCC(=O)OCC(COCCCCCCCCCC)OC(=O)CCCCCCC/C=C\CCCCCCCC. The predicted molar refractivity (Wildman–Crippen MR) is 242 cm³/mol. The van der Waals surface area contributed by atoms with E-state index in [-0.39, 0.29) is 25.2 Å². The standard InChI is InChI=1S/C51H94O5/c1-4-7-10-13-16-19-21-23-25-26-28-29-31-33-35-38-41-44-50(52)55-48-49(47-54-46-43-40-37-18-15-12-9-6-3)56-51(53)45-42-39-36-34-32-30-27-24-22-20-17-14-11-8-5-2/h16,19,23-25,27,49H,4-15,17-18,20-22,26,28-48H2,1-3H3/b19-16-,25-23-,27-24-. The molecule has 0 aromatic heterocycles. The molecule has 0 radical (unpaired) electrons. The van der Waals surface area contributed by atoms with E-state index in [1.807, 2.05) is 0 Å². The summed E-state index contributed by atoms with van der Waals surface area (Å²) in [6, 6.07) is 0. The molecule has 1 unspecified atom stereocenters. The van der Waals surface area contributed by atoms with E-state index in [0.717, 1.165) is 64.2 Å². The smallest absolute Gasteiger partial charge is 0.306 e. The largest absolute Gasteiger partial charge is 0.462 e. The number of carbonyl (C=O) groups is 2. The number of hydrogen-bond donors (Lipinski definition) is 0. The molecule has 0 rings (SSSR count). The summed E-state index contributed by atoms with van der Waals surface area (Å²) in [5, 5.41) is 0. The number of hydrogen-bond acceptors (Lipinski definition) is 5. The molecule has 0 heterocycles. The number of ether oxygens (including phenoxy) is 3. The summed E-state index contributed by atoms with van der Waals surface area (Å²) >= 11 is 0. The number of rotatable bonds is 45. The Kier molecular flexibility index (Phi) is 45.9. The van der Waals surface area contributed by atoms with E-state index in [2.05, 4.69) is 57.2 Å². The molecule has 0 saturated carbocycles. The van der Waals surface area contributed by atoms with Crippen molar-refractivity contribution in [2.45, 2.75) is 258 Å². The Morgan fingerprint density at radius 3 is 1.23 bits per heavy atom. The van der Waals surface area contributed by atoms with Gasteiger partial charge in [-0.05, 0) is 77.0 Å². The summed E-state index contributed by atoms with van der Waals surface area (Å²) < 4.78 is 17.3. The number of unbranched alkanes of at least 4 members (excludes halogenated alkanes) is 28. The lowest BCUT2D eigenvalue weighted by molar-refractivity contribution is -0.163. The van der Waals surface area contributed by atoms with E-state index < -0.39 is 6.10 Å². The molecule has 0 amide bonds. The molecule has 0 aromatic rings. The van der Waals surface area contributed by atoms with Gasteiger partial charge in [0, 0.05) is 19.4 Å². The third-order valence-corrected chi connectivity index (χ3v) is 10.6. The summed E-state index contributed by atoms with van der Waals surface area (Å²) in [6.45, 7) is 7.79. The maximum absolute atomic E-state index is 12.7. The van der Waals surface area contributed by atoms with Crippen LogP contribution in [0.3, 0.4) is 0 Å². The van der Waals surface area contributed by atoms with Crippen molar-refractivity contribution in [3.8, 4) is 0 Å². The fourth-order valence-corrected chi connectivity index (χ4v) is 6.95. The summed E-state index contributed by atoms with van der Waals surface area (Å²) in [7, 11) is 0. The second-order valence-corrected chi connectivity index (χ2v) is 16.4. The molecule has 328 valence electrons. The fraction of sp³-hybridized carbons (Fsp3) is 0.843. The van der Waals surface area contributed by atoms with Crippen LogP contribution in [0.1, 0.15) is 252 Å². The minimum absolute atomic E-state index is 0.0814. The van der Waals surface area contributed by atoms with Gasteiger partial charge in [-0.2, -0.15) is 0 Å². The lowest BCUT2D eigenvalue weighted by atomic mass is 10.1. The second kappa shape index (κ2) is 47.5. The minimum Gasteiger partial charge on any atom is -0.462 e. The summed E-state index contributed by atoms with van der Waals surface area (Å²) in [6.07, 6.45) is 55.7. The van der Waals surface area contributed by atoms with Gasteiger partial charge in [0.2, 0.25) is 0 Å². The minimum atomic E-state index is -0.537. The Balaban J connectivity index is 4.18. The van der Waals surface area contributed by atoms with Crippen LogP contribution in [0.15, 0.2) is 36.5 Å². The van der Waals surface area contributed by atoms with Crippen LogP contribution in [0.2, 0.25) is 0 Å². The zero-order valence-corrected chi connectivity index (χ0v) is 37.7. The van der Waals surface area contributed by atoms with Crippen molar-refractivity contribution in [3.05, 3.63) is 36.5 Å². The van der Waals surface area contributed by atoms with E-state index in [1.54, 1.807) is 0 Å². The van der Waals surface area contributed by atoms with Crippen molar-refractivity contribution < 1.29 is 23.8 Å². The highest BCUT2D eigenvalue weighted by atomic mass is 16.6. The molecule has 0 fully saturated rings. The van der Waals surface area contributed by atoms with Crippen molar-refractivity contribution in [1.29, 1.82) is 0 Å². The van der Waals surface area contributed by atoms with Crippen LogP contribution < -0.4 is 0 Å². The first-order valence-electron chi connectivity index (χ1n) is 24.5. The average molecular weight is 787 g/mol. The molecular weight excluding hydrogens is 693 g/mol. The van der Waals surface area contributed by atoms with E-state index in [0.29, 0.717) is 19.4 Å². The zero-order chi connectivity index (χ0) is 40.7. The molecule has 0 aromatic carbocycles. The molecule has 0 spiro atoms. The third kappa shape index (κ3) is 44.8. The van der Waals surface area contributed by atoms with Crippen molar-refractivity contribution >= 4 is 11.9 Å².